The summed E-state index contributed by atoms with van der Waals surface area (Å²) in [6.07, 6.45) is 2.02. The van der Waals surface area contributed by atoms with Gasteiger partial charge in [-0.1, -0.05) is 12.1 Å². The van der Waals surface area contributed by atoms with Crippen molar-refractivity contribution in [3.8, 4) is 0 Å². The number of fused-ring (bicyclic) bond motifs is 1. The van der Waals surface area contributed by atoms with Crippen molar-refractivity contribution in [3.63, 3.8) is 0 Å². The molecule has 0 atom stereocenters. The molecule has 4 rings (SSSR count). The third-order valence-electron chi connectivity index (χ3n) is 5.11. The Balaban J connectivity index is 1.39. The summed E-state index contributed by atoms with van der Waals surface area (Å²) in [6, 6.07) is 11.2. The SMILES string of the molecule is O=C(CCn1c(=S)[nH]c2ccccc2c1=O)N1CCN(c2ccc(Br)cn2)CC1. The first-order chi connectivity index (χ1) is 14.0. The van der Waals surface area contributed by atoms with Crippen LogP contribution in [-0.4, -0.2) is 51.5 Å². The van der Waals surface area contributed by atoms with Gasteiger partial charge in [-0.15, -0.1) is 0 Å². The fraction of sp³-hybridized carbons (Fsp3) is 0.300. The van der Waals surface area contributed by atoms with Crippen molar-refractivity contribution in [1.82, 2.24) is 19.4 Å². The van der Waals surface area contributed by atoms with E-state index in [0.717, 1.165) is 23.4 Å². The number of carbonyl (C=O) groups excluding carboxylic acids is 1. The summed E-state index contributed by atoms with van der Waals surface area (Å²) >= 11 is 8.71. The van der Waals surface area contributed by atoms with Crippen molar-refractivity contribution in [2.75, 3.05) is 31.1 Å². The summed E-state index contributed by atoms with van der Waals surface area (Å²) in [5, 5.41) is 0.573. The normalized spacial score (nSPS) is 14.4. The number of pyridine rings is 1. The van der Waals surface area contributed by atoms with Crippen LogP contribution in [-0.2, 0) is 11.3 Å². The molecule has 0 unspecified atom stereocenters. The maximum absolute atomic E-state index is 12.7. The molecule has 0 saturated carbocycles. The number of anilines is 1. The van der Waals surface area contributed by atoms with E-state index in [1.165, 1.54) is 4.57 Å². The van der Waals surface area contributed by atoms with Gasteiger partial charge in [-0.05, 0) is 52.4 Å². The van der Waals surface area contributed by atoms with Crippen LogP contribution in [0, 0.1) is 4.77 Å². The number of aromatic nitrogens is 3. The molecule has 1 fully saturated rings. The van der Waals surface area contributed by atoms with E-state index in [0.29, 0.717) is 28.8 Å². The Morgan fingerprint density at radius 3 is 2.62 bits per heavy atom. The van der Waals surface area contributed by atoms with Crippen molar-refractivity contribution in [2.45, 2.75) is 13.0 Å². The molecule has 1 aromatic carbocycles. The average molecular weight is 474 g/mol. The molecule has 3 heterocycles. The topological polar surface area (TPSA) is 74.2 Å². The van der Waals surface area contributed by atoms with Gasteiger partial charge in [0.05, 0.1) is 10.9 Å². The number of carbonyl (C=O) groups is 1. The molecule has 0 radical (unpaired) electrons. The maximum Gasteiger partial charge on any atom is 0.262 e. The van der Waals surface area contributed by atoms with E-state index in [-0.39, 0.29) is 24.4 Å². The lowest BCUT2D eigenvalue weighted by molar-refractivity contribution is -0.131. The van der Waals surface area contributed by atoms with Gasteiger partial charge in [0.1, 0.15) is 5.82 Å². The molecule has 1 N–H and O–H groups in total. The largest absolute Gasteiger partial charge is 0.353 e. The lowest BCUT2D eigenvalue weighted by Gasteiger charge is -2.35. The molecular formula is C20H20BrN5O2S. The molecule has 1 aliphatic rings. The Labute approximate surface area is 181 Å². The number of hydrogen-bond donors (Lipinski definition) is 1. The molecule has 0 bridgehead atoms. The quantitative estimate of drug-likeness (QED) is 0.589. The molecule has 1 saturated heterocycles. The maximum atomic E-state index is 12.7. The Hall–Kier alpha value is -2.52. The molecule has 0 spiro atoms. The predicted octanol–water partition coefficient (Wildman–Crippen LogP) is 2.96. The summed E-state index contributed by atoms with van der Waals surface area (Å²) in [4.78, 5) is 36.9. The number of hydrogen-bond acceptors (Lipinski definition) is 5. The fourth-order valence-corrected chi connectivity index (χ4v) is 4.03. The fourth-order valence-electron chi connectivity index (χ4n) is 3.51. The van der Waals surface area contributed by atoms with Gasteiger partial charge in [0.2, 0.25) is 5.91 Å². The van der Waals surface area contributed by atoms with Crippen LogP contribution < -0.4 is 10.5 Å². The van der Waals surface area contributed by atoms with Gasteiger partial charge >= 0.3 is 0 Å². The summed E-state index contributed by atoms with van der Waals surface area (Å²) in [6.45, 7) is 3.01. The molecule has 0 aliphatic carbocycles. The van der Waals surface area contributed by atoms with Gasteiger partial charge in [-0.25, -0.2) is 4.98 Å². The van der Waals surface area contributed by atoms with Gasteiger partial charge < -0.3 is 14.8 Å². The van der Waals surface area contributed by atoms with Crippen LogP contribution in [0.5, 0.6) is 0 Å². The third kappa shape index (κ3) is 4.25. The highest BCUT2D eigenvalue weighted by atomic mass is 79.9. The number of nitrogens with zero attached hydrogens (tertiary/aromatic N) is 4. The molecule has 2 aromatic heterocycles. The van der Waals surface area contributed by atoms with E-state index in [9.17, 15) is 9.59 Å². The third-order valence-corrected chi connectivity index (χ3v) is 5.90. The van der Waals surface area contributed by atoms with Crippen molar-refractivity contribution in [3.05, 3.63) is 62.2 Å². The molecule has 1 amide bonds. The van der Waals surface area contributed by atoms with Gasteiger partial charge in [-0.3, -0.25) is 14.2 Å². The Bertz CT molecular complexity index is 1150. The number of rotatable bonds is 4. The number of halogens is 1. The van der Waals surface area contributed by atoms with Gasteiger partial charge in [0, 0.05) is 49.8 Å². The molecule has 9 heteroatoms. The minimum absolute atomic E-state index is 0.0304. The second-order valence-electron chi connectivity index (χ2n) is 6.88. The highest BCUT2D eigenvalue weighted by Crippen LogP contribution is 2.17. The van der Waals surface area contributed by atoms with Crippen LogP contribution >= 0.6 is 28.1 Å². The zero-order chi connectivity index (χ0) is 20.4. The van der Waals surface area contributed by atoms with E-state index in [2.05, 4.69) is 30.8 Å². The van der Waals surface area contributed by atoms with Crippen LogP contribution in [0.25, 0.3) is 10.9 Å². The first-order valence-electron chi connectivity index (χ1n) is 9.39. The van der Waals surface area contributed by atoms with Crippen LogP contribution in [0.2, 0.25) is 0 Å². The van der Waals surface area contributed by atoms with Crippen molar-refractivity contribution >= 4 is 50.8 Å². The van der Waals surface area contributed by atoms with E-state index < -0.39 is 0 Å². The minimum Gasteiger partial charge on any atom is -0.353 e. The zero-order valence-electron chi connectivity index (χ0n) is 15.7. The second-order valence-corrected chi connectivity index (χ2v) is 8.19. The number of amides is 1. The number of piperazine rings is 1. The van der Waals surface area contributed by atoms with Gasteiger partial charge in [0.15, 0.2) is 4.77 Å². The number of nitrogens with one attached hydrogen (secondary N) is 1. The zero-order valence-corrected chi connectivity index (χ0v) is 18.1. The summed E-state index contributed by atoms with van der Waals surface area (Å²) in [5.41, 5.74) is 0.547. The van der Waals surface area contributed by atoms with Gasteiger partial charge in [0.25, 0.3) is 5.56 Å². The Kier molecular flexibility index (Phi) is 5.77. The highest BCUT2D eigenvalue weighted by Gasteiger charge is 2.22. The van der Waals surface area contributed by atoms with Crippen LogP contribution in [0.4, 0.5) is 5.82 Å². The summed E-state index contributed by atoms with van der Waals surface area (Å²) in [5.74, 6) is 0.942. The molecule has 7 nitrogen and oxygen atoms in total. The minimum atomic E-state index is -0.164. The molecular weight excluding hydrogens is 454 g/mol. The van der Waals surface area contributed by atoms with Crippen LogP contribution in [0.1, 0.15) is 6.42 Å². The van der Waals surface area contributed by atoms with E-state index >= 15 is 0 Å². The highest BCUT2D eigenvalue weighted by molar-refractivity contribution is 9.10. The average Bonchev–Trinajstić information content (AvgIpc) is 2.74. The van der Waals surface area contributed by atoms with Gasteiger partial charge in [-0.2, -0.15) is 0 Å². The first kappa shape index (κ1) is 19.8. The van der Waals surface area contributed by atoms with Crippen LogP contribution in [0.3, 0.4) is 0 Å². The van der Waals surface area contributed by atoms with Crippen LogP contribution in [0.15, 0.2) is 51.9 Å². The molecule has 3 aromatic rings. The Morgan fingerprint density at radius 2 is 1.90 bits per heavy atom. The number of H-pyrrole nitrogens is 1. The predicted molar refractivity (Wildman–Crippen MR) is 119 cm³/mol. The second kappa shape index (κ2) is 8.46. The number of para-hydroxylation sites is 1. The molecule has 1 aliphatic heterocycles. The van der Waals surface area contributed by atoms with Crippen molar-refractivity contribution in [2.24, 2.45) is 0 Å². The lowest BCUT2D eigenvalue weighted by Crippen LogP contribution is -2.49. The smallest absolute Gasteiger partial charge is 0.262 e. The number of benzene rings is 1. The summed E-state index contributed by atoms with van der Waals surface area (Å²) in [7, 11) is 0. The molecule has 29 heavy (non-hydrogen) atoms. The van der Waals surface area contributed by atoms with E-state index in [1.807, 2.05) is 35.2 Å². The first-order valence-corrected chi connectivity index (χ1v) is 10.6. The van der Waals surface area contributed by atoms with Crippen molar-refractivity contribution < 1.29 is 4.79 Å². The summed E-state index contributed by atoms with van der Waals surface area (Å²) < 4.78 is 2.75. The Morgan fingerprint density at radius 1 is 1.14 bits per heavy atom. The van der Waals surface area contributed by atoms with E-state index in [1.54, 1.807) is 12.3 Å². The number of aromatic amines is 1. The van der Waals surface area contributed by atoms with Crippen molar-refractivity contribution in [1.29, 1.82) is 0 Å². The standard InChI is InChI=1S/C20H20BrN5O2S/c21-14-5-6-17(22-13-14)24-9-11-25(12-10-24)18(27)7-8-26-19(28)15-3-1-2-4-16(15)23-20(26)29/h1-6,13H,7-12H2,(H,23,29). The molecule has 150 valence electrons. The van der Waals surface area contributed by atoms with E-state index in [4.69, 9.17) is 12.2 Å². The lowest BCUT2D eigenvalue weighted by atomic mass is 10.2. The monoisotopic (exact) mass is 473 g/mol.